The van der Waals surface area contributed by atoms with Gasteiger partial charge in [0.15, 0.2) is 0 Å². The Kier molecular flexibility index (Phi) is 7.24. The first-order valence-electron chi connectivity index (χ1n) is 6.56. The van der Waals surface area contributed by atoms with Gasteiger partial charge in [-0.1, -0.05) is 20.8 Å². The predicted octanol–water partition coefficient (Wildman–Crippen LogP) is 3.97. The minimum absolute atomic E-state index is 0.609. The maximum absolute atomic E-state index is 3.44. The molecule has 17 heavy (non-hydrogen) atoms. The Morgan fingerprint density at radius 3 is 2.53 bits per heavy atom. The van der Waals surface area contributed by atoms with Gasteiger partial charge in [-0.2, -0.15) is 11.8 Å². The van der Waals surface area contributed by atoms with Crippen LogP contribution in [0.15, 0.2) is 12.1 Å². The molecule has 2 atom stereocenters. The summed E-state index contributed by atoms with van der Waals surface area (Å²) in [5, 5.41) is 4.22. The van der Waals surface area contributed by atoms with Crippen molar-refractivity contribution in [1.29, 1.82) is 0 Å². The fourth-order valence-electron chi connectivity index (χ4n) is 1.61. The van der Waals surface area contributed by atoms with Crippen LogP contribution in [0.3, 0.4) is 0 Å². The summed E-state index contributed by atoms with van der Waals surface area (Å²) in [6, 6.07) is 5.17. The minimum atomic E-state index is 0.609. The number of thioether (sulfide) groups is 1. The Bertz CT molecular complexity index is 309. The second kappa shape index (κ2) is 8.17. The molecule has 1 aromatic heterocycles. The fraction of sp³-hybridized carbons (Fsp3) is 0.714. The molecule has 0 aliphatic carbocycles. The molecule has 0 radical (unpaired) electrons. The lowest BCUT2D eigenvalue weighted by atomic mass is 10.2. The summed E-state index contributed by atoms with van der Waals surface area (Å²) in [5.74, 6) is 1.21. The van der Waals surface area contributed by atoms with Crippen molar-refractivity contribution >= 4 is 23.1 Å². The molecular formula is C14H25NS2. The molecule has 0 bridgehead atoms. The van der Waals surface area contributed by atoms with Crippen LogP contribution in [0.1, 0.15) is 36.9 Å². The zero-order valence-electron chi connectivity index (χ0n) is 11.5. The number of nitrogens with one attached hydrogen (secondary N) is 1. The van der Waals surface area contributed by atoms with Gasteiger partial charge in [0.1, 0.15) is 0 Å². The Morgan fingerprint density at radius 1 is 1.29 bits per heavy atom. The highest BCUT2D eigenvalue weighted by atomic mass is 32.2. The molecule has 1 aromatic rings. The van der Waals surface area contributed by atoms with E-state index in [1.54, 1.807) is 0 Å². The topological polar surface area (TPSA) is 12.0 Å². The molecule has 0 fully saturated rings. The third-order valence-electron chi connectivity index (χ3n) is 3.08. The summed E-state index contributed by atoms with van der Waals surface area (Å²) in [6.07, 6.45) is 3.60. The predicted molar refractivity (Wildman–Crippen MR) is 82.5 cm³/mol. The highest BCUT2D eigenvalue weighted by molar-refractivity contribution is 7.99. The van der Waals surface area contributed by atoms with Crippen molar-refractivity contribution in [2.24, 2.45) is 0 Å². The second-order valence-corrected chi connectivity index (χ2v) is 7.19. The molecule has 98 valence electrons. The highest BCUT2D eigenvalue weighted by Crippen LogP contribution is 2.21. The van der Waals surface area contributed by atoms with Crippen LogP contribution in [-0.4, -0.2) is 24.1 Å². The molecule has 1 nitrogen and oxygen atoms in total. The van der Waals surface area contributed by atoms with E-state index >= 15 is 0 Å². The third kappa shape index (κ3) is 5.45. The highest BCUT2D eigenvalue weighted by Gasteiger charge is 2.11. The van der Waals surface area contributed by atoms with E-state index in [4.69, 9.17) is 0 Å². The number of rotatable bonds is 8. The van der Waals surface area contributed by atoms with E-state index in [9.17, 15) is 0 Å². The van der Waals surface area contributed by atoms with Gasteiger partial charge in [-0.15, -0.1) is 11.3 Å². The van der Waals surface area contributed by atoms with Crippen LogP contribution in [0.2, 0.25) is 0 Å². The quantitative estimate of drug-likeness (QED) is 0.768. The molecule has 1 rings (SSSR count). The van der Waals surface area contributed by atoms with E-state index < -0.39 is 0 Å². The lowest BCUT2D eigenvalue weighted by molar-refractivity contribution is 0.620. The van der Waals surface area contributed by atoms with Crippen molar-refractivity contribution in [3.63, 3.8) is 0 Å². The van der Waals surface area contributed by atoms with Gasteiger partial charge in [-0.25, -0.2) is 0 Å². The van der Waals surface area contributed by atoms with E-state index in [0.29, 0.717) is 6.04 Å². The summed E-state index contributed by atoms with van der Waals surface area (Å²) >= 11 is 4.05. The van der Waals surface area contributed by atoms with Crippen LogP contribution >= 0.6 is 23.1 Å². The van der Waals surface area contributed by atoms with E-state index in [2.05, 4.69) is 57.0 Å². The lowest BCUT2D eigenvalue weighted by Gasteiger charge is -2.17. The summed E-state index contributed by atoms with van der Waals surface area (Å²) in [6.45, 7) is 6.81. The number of thiophene rings is 1. The van der Waals surface area contributed by atoms with Gasteiger partial charge < -0.3 is 5.32 Å². The van der Waals surface area contributed by atoms with E-state index in [0.717, 1.165) is 11.7 Å². The van der Waals surface area contributed by atoms with Crippen molar-refractivity contribution < 1.29 is 0 Å². The average Bonchev–Trinajstić information content (AvgIpc) is 2.81. The first kappa shape index (κ1) is 15.1. The van der Waals surface area contributed by atoms with E-state index in [1.807, 2.05) is 11.3 Å². The maximum Gasteiger partial charge on any atom is 0.0203 e. The number of hydrogen-bond acceptors (Lipinski definition) is 3. The van der Waals surface area contributed by atoms with Crippen LogP contribution in [0.5, 0.6) is 0 Å². The molecule has 0 aromatic carbocycles. The second-order valence-electron chi connectivity index (χ2n) is 4.46. The SMILES string of the molecule is CCc1ccc(CC(CSC(C)CC)NC)s1. The Balaban J connectivity index is 2.40. The molecule has 0 spiro atoms. The number of aryl methyl sites for hydroxylation is 1. The van der Waals surface area contributed by atoms with E-state index in [-0.39, 0.29) is 0 Å². The molecule has 0 aliphatic rings. The van der Waals surface area contributed by atoms with Crippen LogP contribution < -0.4 is 5.32 Å². The summed E-state index contributed by atoms with van der Waals surface area (Å²) in [4.78, 5) is 3.02. The van der Waals surface area contributed by atoms with Gasteiger partial charge in [0.25, 0.3) is 0 Å². The third-order valence-corrected chi connectivity index (χ3v) is 5.83. The van der Waals surface area contributed by atoms with Crippen LogP contribution in [0.25, 0.3) is 0 Å². The maximum atomic E-state index is 3.44. The largest absolute Gasteiger partial charge is 0.316 e. The van der Waals surface area contributed by atoms with Crippen LogP contribution in [0, 0.1) is 0 Å². The smallest absolute Gasteiger partial charge is 0.0203 e. The zero-order valence-corrected chi connectivity index (χ0v) is 13.1. The molecule has 3 heteroatoms. The fourth-order valence-corrected chi connectivity index (χ4v) is 3.73. The Labute approximate surface area is 114 Å². The van der Waals surface area contributed by atoms with Gasteiger partial charge >= 0.3 is 0 Å². The van der Waals surface area contributed by atoms with Gasteiger partial charge in [0.05, 0.1) is 0 Å². The van der Waals surface area contributed by atoms with Crippen molar-refractivity contribution in [2.75, 3.05) is 12.8 Å². The van der Waals surface area contributed by atoms with Crippen LogP contribution in [-0.2, 0) is 12.8 Å². The number of hydrogen-bond donors (Lipinski definition) is 1. The standard InChI is InChI=1S/C14H25NS2/c1-5-11(3)16-10-12(15-4)9-14-8-7-13(6-2)17-14/h7-8,11-12,15H,5-6,9-10H2,1-4H3. The lowest BCUT2D eigenvalue weighted by Crippen LogP contribution is -2.30. The van der Waals surface area contributed by atoms with Gasteiger partial charge in [0.2, 0.25) is 0 Å². The molecule has 0 amide bonds. The van der Waals surface area contributed by atoms with Crippen molar-refractivity contribution in [3.05, 3.63) is 21.9 Å². The molecule has 1 N–H and O–H groups in total. The molecular weight excluding hydrogens is 246 g/mol. The van der Waals surface area contributed by atoms with Gasteiger partial charge in [0, 0.05) is 26.8 Å². The molecule has 2 unspecified atom stereocenters. The van der Waals surface area contributed by atoms with Crippen molar-refractivity contribution in [2.45, 2.75) is 51.3 Å². The van der Waals surface area contributed by atoms with Gasteiger partial charge in [-0.3, -0.25) is 0 Å². The average molecular weight is 271 g/mol. The molecule has 0 saturated heterocycles. The molecule has 0 aliphatic heterocycles. The summed E-state index contributed by atoms with van der Waals surface area (Å²) in [7, 11) is 2.08. The van der Waals surface area contributed by atoms with E-state index in [1.165, 1.54) is 28.3 Å². The van der Waals surface area contributed by atoms with Crippen LogP contribution in [0.4, 0.5) is 0 Å². The Hall–Kier alpha value is 0.01000. The Morgan fingerprint density at radius 2 is 2.00 bits per heavy atom. The molecule has 0 saturated carbocycles. The first-order chi connectivity index (χ1) is 8.19. The van der Waals surface area contributed by atoms with Crippen molar-refractivity contribution in [1.82, 2.24) is 5.32 Å². The van der Waals surface area contributed by atoms with Crippen molar-refractivity contribution in [3.8, 4) is 0 Å². The zero-order chi connectivity index (χ0) is 12.7. The first-order valence-corrected chi connectivity index (χ1v) is 8.42. The van der Waals surface area contributed by atoms with Gasteiger partial charge in [-0.05, 0) is 38.4 Å². The number of likely N-dealkylation sites (N-methyl/N-ethyl adjacent to an activating group) is 1. The normalized spacial score (nSPS) is 14.8. The summed E-state index contributed by atoms with van der Waals surface area (Å²) in [5.41, 5.74) is 0. The summed E-state index contributed by atoms with van der Waals surface area (Å²) < 4.78 is 0. The molecule has 1 heterocycles. The monoisotopic (exact) mass is 271 g/mol. The minimum Gasteiger partial charge on any atom is -0.316 e.